The summed E-state index contributed by atoms with van der Waals surface area (Å²) in [4.78, 5) is 0. The van der Waals surface area contributed by atoms with Crippen molar-refractivity contribution < 1.29 is 0 Å². The molecule has 1 aromatic heterocycles. The van der Waals surface area contributed by atoms with Gasteiger partial charge in [0.25, 0.3) is 0 Å². The number of nitrogens with zero attached hydrogens (tertiary/aromatic N) is 2. The predicted octanol–water partition coefficient (Wildman–Crippen LogP) is 3.63. The van der Waals surface area contributed by atoms with Gasteiger partial charge >= 0.3 is 0 Å². The third-order valence-corrected chi connectivity index (χ3v) is 3.84. The van der Waals surface area contributed by atoms with Gasteiger partial charge in [-0.25, -0.2) is 0 Å². The number of benzene rings is 1. The Morgan fingerprint density at radius 1 is 1.37 bits per heavy atom. The average molecular weight is 255 g/mol. The van der Waals surface area contributed by atoms with Crippen molar-refractivity contribution in [1.82, 2.24) is 9.78 Å². The zero-order valence-electron chi connectivity index (χ0n) is 11.6. The summed E-state index contributed by atoms with van der Waals surface area (Å²) in [6, 6.07) is 9.14. The molecule has 2 unspecified atom stereocenters. The molecule has 3 heteroatoms. The number of aryl methyl sites for hydroxylation is 1. The summed E-state index contributed by atoms with van der Waals surface area (Å²) < 4.78 is 2.06. The summed E-state index contributed by atoms with van der Waals surface area (Å²) >= 11 is 0. The highest BCUT2D eigenvalue weighted by Gasteiger charge is 2.25. The van der Waals surface area contributed by atoms with E-state index in [1.165, 1.54) is 16.8 Å². The van der Waals surface area contributed by atoms with E-state index in [0.717, 1.165) is 19.4 Å². The maximum atomic E-state index is 4.48. The smallest absolute Gasteiger partial charge is 0.0528 e. The van der Waals surface area contributed by atoms with Gasteiger partial charge in [0, 0.05) is 30.4 Å². The molecule has 2 heterocycles. The Labute approximate surface area is 114 Å². The number of anilines is 1. The normalized spacial score (nSPS) is 21.8. The van der Waals surface area contributed by atoms with Crippen LogP contribution in [0, 0.1) is 0 Å². The van der Waals surface area contributed by atoms with Gasteiger partial charge in [-0.05, 0) is 37.0 Å². The summed E-state index contributed by atoms with van der Waals surface area (Å²) in [5.41, 5.74) is 4.01. The third kappa shape index (κ3) is 2.37. The van der Waals surface area contributed by atoms with E-state index in [2.05, 4.69) is 59.4 Å². The first-order chi connectivity index (χ1) is 9.28. The second-order valence-corrected chi connectivity index (χ2v) is 5.46. The first-order valence-electron chi connectivity index (χ1n) is 7.15. The Morgan fingerprint density at radius 2 is 2.21 bits per heavy atom. The van der Waals surface area contributed by atoms with E-state index >= 15 is 0 Å². The molecule has 0 aliphatic carbocycles. The lowest BCUT2D eigenvalue weighted by Gasteiger charge is -2.30. The van der Waals surface area contributed by atoms with Crippen molar-refractivity contribution in [3.63, 3.8) is 0 Å². The fourth-order valence-electron chi connectivity index (χ4n) is 2.96. The van der Waals surface area contributed by atoms with Gasteiger partial charge in [-0.15, -0.1) is 0 Å². The van der Waals surface area contributed by atoms with Crippen LogP contribution in [0.1, 0.15) is 43.7 Å². The quantitative estimate of drug-likeness (QED) is 0.907. The van der Waals surface area contributed by atoms with Crippen LogP contribution in [-0.4, -0.2) is 15.8 Å². The predicted molar refractivity (Wildman–Crippen MR) is 78.5 cm³/mol. The van der Waals surface area contributed by atoms with E-state index in [-0.39, 0.29) is 0 Å². The molecule has 0 bridgehead atoms. The van der Waals surface area contributed by atoms with Gasteiger partial charge in [-0.2, -0.15) is 5.10 Å². The monoisotopic (exact) mass is 255 g/mol. The molecule has 0 spiro atoms. The number of rotatable bonds is 3. The molecule has 3 rings (SSSR count). The first-order valence-corrected chi connectivity index (χ1v) is 7.15. The van der Waals surface area contributed by atoms with Crippen LogP contribution in [0.15, 0.2) is 36.7 Å². The van der Waals surface area contributed by atoms with Crippen molar-refractivity contribution >= 4 is 5.69 Å². The topological polar surface area (TPSA) is 29.9 Å². The van der Waals surface area contributed by atoms with Crippen molar-refractivity contribution in [3.8, 4) is 0 Å². The molecule has 3 nitrogen and oxygen atoms in total. The molecule has 0 saturated heterocycles. The molecule has 0 fully saturated rings. The molecule has 2 aromatic rings. The molecule has 0 amide bonds. The Bertz CT molecular complexity index is 559. The molecule has 1 aliphatic heterocycles. The maximum absolute atomic E-state index is 4.48. The van der Waals surface area contributed by atoms with Crippen LogP contribution in [0.5, 0.6) is 0 Å². The second-order valence-electron chi connectivity index (χ2n) is 5.46. The molecule has 1 aliphatic rings. The Hall–Kier alpha value is -1.77. The largest absolute Gasteiger partial charge is 0.382 e. The van der Waals surface area contributed by atoms with Gasteiger partial charge < -0.3 is 5.32 Å². The number of nitrogens with one attached hydrogen (secondary N) is 1. The molecule has 0 saturated carbocycles. The Morgan fingerprint density at radius 3 is 3.05 bits per heavy atom. The molecular weight excluding hydrogens is 234 g/mol. The third-order valence-electron chi connectivity index (χ3n) is 3.84. The summed E-state index contributed by atoms with van der Waals surface area (Å²) in [6.07, 6.45) is 6.51. The number of hydrogen-bond acceptors (Lipinski definition) is 2. The van der Waals surface area contributed by atoms with Gasteiger partial charge in [-0.3, -0.25) is 4.68 Å². The van der Waals surface area contributed by atoms with Crippen LogP contribution in [0.3, 0.4) is 0 Å². The standard InChI is InChI=1S/C16H21N3/c1-3-8-19-11-13(10-17-19)15-9-12(2)18-16-7-5-4-6-14(15)16/h4-7,10-12,15,18H,3,8-9H2,1-2H3. The van der Waals surface area contributed by atoms with Crippen molar-refractivity contribution in [3.05, 3.63) is 47.8 Å². The molecule has 1 N–H and O–H groups in total. The number of fused-ring (bicyclic) bond motifs is 1. The van der Waals surface area contributed by atoms with Crippen molar-refractivity contribution in [2.45, 2.75) is 45.2 Å². The van der Waals surface area contributed by atoms with Gasteiger partial charge in [0.1, 0.15) is 0 Å². The lowest BCUT2D eigenvalue weighted by Crippen LogP contribution is -2.25. The minimum Gasteiger partial charge on any atom is -0.382 e. The van der Waals surface area contributed by atoms with Gasteiger partial charge in [0.05, 0.1) is 6.20 Å². The Balaban J connectivity index is 1.95. The van der Waals surface area contributed by atoms with Crippen LogP contribution in [0.25, 0.3) is 0 Å². The van der Waals surface area contributed by atoms with E-state index in [4.69, 9.17) is 0 Å². The molecule has 19 heavy (non-hydrogen) atoms. The number of hydrogen-bond donors (Lipinski definition) is 1. The van der Waals surface area contributed by atoms with Crippen LogP contribution in [0.4, 0.5) is 5.69 Å². The highest BCUT2D eigenvalue weighted by Crippen LogP contribution is 2.38. The van der Waals surface area contributed by atoms with E-state index in [0.29, 0.717) is 12.0 Å². The molecule has 2 atom stereocenters. The van der Waals surface area contributed by atoms with E-state index in [1.807, 2.05) is 6.20 Å². The lowest BCUT2D eigenvalue weighted by atomic mass is 9.84. The van der Waals surface area contributed by atoms with Gasteiger partial charge in [0.2, 0.25) is 0 Å². The highest BCUT2D eigenvalue weighted by atomic mass is 15.3. The summed E-state index contributed by atoms with van der Waals surface area (Å²) in [5.74, 6) is 0.470. The second kappa shape index (κ2) is 5.08. The fraction of sp³-hybridized carbons (Fsp3) is 0.438. The van der Waals surface area contributed by atoms with Crippen LogP contribution in [-0.2, 0) is 6.54 Å². The lowest BCUT2D eigenvalue weighted by molar-refractivity contribution is 0.595. The van der Waals surface area contributed by atoms with Crippen LogP contribution < -0.4 is 5.32 Å². The van der Waals surface area contributed by atoms with Crippen LogP contribution >= 0.6 is 0 Å². The van der Waals surface area contributed by atoms with Crippen molar-refractivity contribution in [2.24, 2.45) is 0 Å². The summed E-state index contributed by atoms with van der Waals surface area (Å²) in [5, 5.41) is 8.04. The minimum atomic E-state index is 0.470. The zero-order valence-corrected chi connectivity index (χ0v) is 11.6. The molecule has 100 valence electrons. The van der Waals surface area contributed by atoms with Gasteiger partial charge in [-0.1, -0.05) is 25.1 Å². The average Bonchev–Trinajstić information content (AvgIpc) is 2.86. The van der Waals surface area contributed by atoms with Crippen molar-refractivity contribution in [2.75, 3.05) is 5.32 Å². The number of para-hydroxylation sites is 1. The minimum absolute atomic E-state index is 0.470. The first kappa shape index (κ1) is 12.3. The Kier molecular flexibility index (Phi) is 3.28. The maximum Gasteiger partial charge on any atom is 0.0528 e. The van der Waals surface area contributed by atoms with E-state index in [1.54, 1.807) is 0 Å². The molecule has 0 radical (unpaired) electrons. The highest BCUT2D eigenvalue weighted by molar-refractivity contribution is 5.57. The SMILES string of the molecule is CCCn1cc(C2CC(C)Nc3ccccc32)cn1. The molecular formula is C16H21N3. The summed E-state index contributed by atoms with van der Waals surface area (Å²) in [7, 11) is 0. The van der Waals surface area contributed by atoms with Crippen LogP contribution in [0.2, 0.25) is 0 Å². The number of aromatic nitrogens is 2. The van der Waals surface area contributed by atoms with Crippen molar-refractivity contribution in [1.29, 1.82) is 0 Å². The zero-order chi connectivity index (χ0) is 13.2. The van der Waals surface area contributed by atoms with Gasteiger partial charge in [0.15, 0.2) is 0 Å². The van der Waals surface area contributed by atoms with E-state index in [9.17, 15) is 0 Å². The van der Waals surface area contributed by atoms with E-state index < -0.39 is 0 Å². The fourth-order valence-corrected chi connectivity index (χ4v) is 2.96. The summed E-state index contributed by atoms with van der Waals surface area (Å²) in [6.45, 7) is 5.44. The molecule has 1 aromatic carbocycles.